The van der Waals surface area contributed by atoms with Crippen molar-refractivity contribution in [3.05, 3.63) is 0 Å². The fourth-order valence-corrected chi connectivity index (χ4v) is 0. The molecule has 0 aliphatic rings. The van der Waals surface area contributed by atoms with Gasteiger partial charge in [0.15, 0.2) is 0 Å². The van der Waals surface area contributed by atoms with E-state index in [1.54, 1.807) is 0 Å². The van der Waals surface area contributed by atoms with E-state index in [9.17, 15) is 0 Å². The Morgan fingerprint density at radius 1 is 0.750 bits per heavy atom. The fraction of sp³-hybridized carbons (Fsp3) is 0. The molecule has 0 amide bonds. The molecule has 4 heteroatoms. The van der Waals surface area contributed by atoms with Crippen molar-refractivity contribution in [1.82, 2.24) is 0 Å². The molecule has 16 valence electrons. The van der Waals surface area contributed by atoms with Crippen LogP contribution in [-0.2, 0) is 27.0 Å². The molecule has 0 nitrogen and oxygen atoms in total. The van der Waals surface area contributed by atoms with Crippen LogP contribution in [0.2, 0.25) is 0 Å². The summed E-state index contributed by atoms with van der Waals surface area (Å²) in [5, 5.41) is 0. The van der Waals surface area contributed by atoms with Gasteiger partial charge in [0.05, 0.1) is 0 Å². The van der Waals surface area contributed by atoms with Crippen LogP contribution in [0.1, 0.15) is 0 Å². The minimum absolute atomic E-state index is 0. The maximum Gasteiger partial charge on any atom is 3.00 e. The van der Waals surface area contributed by atoms with Gasteiger partial charge < -0.3 is 27.0 Å². The van der Waals surface area contributed by atoms with Gasteiger partial charge in [-0.1, -0.05) is 0 Å². The Morgan fingerprint density at radius 2 is 0.750 bits per heavy atom. The van der Waals surface area contributed by atoms with Gasteiger partial charge in [0.1, 0.15) is 0 Å². The van der Waals surface area contributed by atoms with E-state index in [0.717, 1.165) is 0 Å². The molecule has 4 heavy (non-hydrogen) atoms. The molecular formula is AlNaS2. The molecule has 0 saturated carbocycles. The number of hydrogen-bond acceptors (Lipinski definition) is 0. The minimum atomic E-state index is 0. The maximum absolute atomic E-state index is 0. The third-order valence-electron chi connectivity index (χ3n) is 0. The van der Waals surface area contributed by atoms with Gasteiger partial charge in [0, 0.05) is 0 Å². The standard InChI is InChI=1S/Al.Na.2S/q+3;+1;2*-2. The first-order chi connectivity index (χ1) is 0. The van der Waals surface area contributed by atoms with E-state index in [1.165, 1.54) is 0 Å². The molecule has 0 unspecified atom stereocenters. The molecular weight excluding hydrogens is 114 g/mol. The van der Waals surface area contributed by atoms with E-state index >= 15 is 0 Å². The minimum Gasteiger partial charge on any atom is -2.00 e. The Morgan fingerprint density at radius 3 is 0.750 bits per heavy atom. The summed E-state index contributed by atoms with van der Waals surface area (Å²) in [5.41, 5.74) is 0. The van der Waals surface area contributed by atoms with Crippen LogP contribution in [-0.4, -0.2) is 17.4 Å². The molecule has 0 radical (unpaired) electrons. The van der Waals surface area contributed by atoms with Gasteiger partial charge in [-0.25, -0.2) is 0 Å². The summed E-state index contributed by atoms with van der Waals surface area (Å²) in [5.74, 6) is 0. The first-order valence-electron chi connectivity index (χ1n) is 0. The van der Waals surface area contributed by atoms with E-state index in [2.05, 4.69) is 0 Å². The van der Waals surface area contributed by atoms with Crippen LogP contribution in [0.3, 0.4) is 0 Å². The van der Waals surface area contributed by atoms with Crippen molar-refractivity contribution in [2.24, 2.45) is 0 Å². The van der Waals surface area contributed by atoms with Gasteiger partial charge in [0.2, 0.25) is 0 Å². The zero-order valence-electron chi connectivity index (χ0n) is 2.39. The molecule has 0 saturated heterocycles. The Labute approximate surface area is 73.0 Å². The van der Waals surface area contributed by atoms with Gasteiger partial charge in [-0.2, -0.15) is 0 Å². The second kappa shape index (κ2) is 18.8. The molecule has 0 aliphatic heterocycles. The second-order valence-corrected chi connectivity index (χ2v) is 0. The first kappa shape index (κ1) is 34.2. The van der Waals surface area contributed by atoms with Gasteiger partial charge in [0.25, 0.3) is 0 Å². The summed E-state index contributed by atoms with van der Waals surface area (Å²) < 4.78 is 0. The average Bonchev–Trinajstić information content (AvgIpc) is 0. The normalized spacial score (nSPS) is 0. The quantitative estimate of drug-likeness (QED) is 0.288. The molecule has 0 aromatic carbocycles. The molecule has 0 spiro atoms. The SMILES string of the molecule is [Al+3].[Na+].[S-2].[S-2]. The van der Waals surface area contributed by atoms with Crippen LogP contribution < -0.4 is 29.6 Å². The van der Waals surface area contributed by atoms with Crippen LogP contribution >= 0.6 is 0 Å². The third-order valence-corrected chi connectivity index (χ3v) is 0. The smallest absolute Gasteiger partial charge is 2.00 e. The van der Waals surface area contributed by atoms with Crippen molar-refractivity contribution < 1.29 is 29.6 Å². The summed E-state index contributed by atoms with van der Waals surface area (Å²) in [4.78, 5) is 0. The van der Waals surface area contributed by atoms with Gasteiger partial charge >= 0.3 is 46.9 Å². The van der Waals surface area contributed by atoms with Crippen molar-refractivity contribution in [3.63, 3.8) is 0 Å². The predicted molar refractivity (Wildman–Crippen MR) is 20.5 cm³/mol. The van der Waals surface area contributed by atoms with Crippen molar-refractivity contribution in [2.45, 2.75) is 0 Å². The predicted octanol–water partition coefficient (Wildman–Crippen LogP) is -3.38. The molecule has 0 rings (SSSR count). The second-order valence-electron chi connectivity index (χ2n) is 0. The summed E-state index contributed by atoms with van der Waals surface area (Å²) in [6, 6.07) is 0. The van der Waals surface area contributed by atoms with Crippen LogP contribution in [0.5, 0.6) is 0 Å². The van der Waals surface area contributed by atoms with Gasteiger partial charge in [-0.3, -0.25) is 0 Å². The fourth-order valence-electron chi connectivity index (χ4n) is 0. The molecule has 0 bridgehead atoms. The summed E-state index contributed by atoms with van der Waals surface area (Å²) in [6.45, 7) is 0. The van der Waals surface area contributed by atoms with Crippen LogP contribution in [0, 0.1) is 0 Å². The molecule has 0 atom stereocenters. The Hall–Kier alpha value is 2.23. The first-order valence-corrected chi connectivity index (χ1v) is 0. The maximum atomic E-state index is 0. The largest absolute Gasteiger partial charge is 3.00 e. The van der Waals surface area contributed by atoms with Crippen molar-refractivity contribution >= 4 is 44.4 Å². The number of rotatable bonds is 0. The van der Waals surface area contributed by atoms with Gasteiger partial charge in [-0.15, -0.1) is 0 Å². The molecule has 0 aliphatic carbocycles. The van der Waals surface area contributed by atoms with E-state index in [1.807, 2.05) is 0 Å². The Bertz CT molecular complexity index is 6.00. The van der Waals surface area contributed by atoms with E-state index in [-0.39, 0.29) is 73.9 Å². The molecule has 0 fully saturated rings. The van der Waals surface area contributed by atoms with Crippen molar-refractivity contribution in [3.8, 4) is 0 Å². The average molecular weight is 114 g/mol. The Balaban J connectivity index is 0. The summed E-state index contributed by atoms with van der Waals surface area (Å²) >= 11 is 0. The molecule has 0 aromatic rings. The number of hydrogen-bond donors (Lipinski definition) is 0. The van der Waals surface area contributed by atoms with Gasteiger partial charge in [-0.05, 0) is 0 Å². The molecule has 0 heterocycles. The van der Waals surface area contributed by atoms with Crippen LogP contribution in [0.15, 0.2) is 0 Å². The van der Waals surface area contributed by atoms with E-state index in [0.29, 0.717) is 0 Å². The van der Waals surface area contributed by atoms with Crippen molar-refractivity contribution in [2.75, 3.05) is 0 Å². The van der Waals surface area contributed by atoms with Crippen LogP contribution in [0.4, 0.5) is 0 Å². The third kappa shape index (κ3) is 8.87. The zero-order chi connectivity index (χ0) is 0. The monoisotopic (exact) mass is 114 g/mol. The van der Waals surface area contributed by atoms with E-state index in [4.69, 9.17) is 0 Å². The van der Waals surface area contributed by atoms with Crippen LogP contribution in [0.25, 0.3) is 0 Å². The summed E-state index contributed by atoms with van der Waals surface area (Å²) in [7, 11) is 0. The summed E-state index contributed by atoms with van der Waals surface area (Å²) in [6.07, 6.45) is 0. The topological polar surface area (TPSA) is 0 Å². The molecule has 0 N–H and O–H groups in total. The van der Waals surface area contributed by atoms with Crippen molar-refractivity contribution in [1.29, 1.82) is 0 Å². The molecule has 0 aromatic heterocycles. The Kier molecular flexibility index (Phi) is 161. The zero-order valence-corrected chi connectivity index (χ0v) is 7.18. The van der Waals surface area contributed by atoms with E-state index < -0.39 is 0 Å².